The molecule has 164 valence electrons. The molecule has 0 fully saturated rings. The zero-order chi connectivity index (χ0) is 22.4. The van der Waals surface area contributed by atoms with E-state index < -0.39 is 6.10 Å². The smallest absolute Gasteiger partial charge is 0.252 e. The van der Waals surface area contributed by atoms with Gasteiger partial charge in [0.15, 0.2) is 0 Å². The lowest BCUT2D eigenvalue weighted by molar-refractivity contribution is 0.0841. The van der Waals surface area contributed by atoms with Crippen LogP contribution in [0.25, 0.3) is 0 Å². The monoisotopic (exact) mass is 480 g/mol. The third-order valence-corrected chi connectivity index (χ3v) is 6.43. The van der Waals surface area contributed by atoms with Crippen molar-refractivity contribution < 1.29 is 19.2 Å². The average molecular weight is 481 g/mol. The Balaban J connectivity index is 1.55. The number of rotatable bonds is 9. The molecule has 0 aliphatic rings. The first-order valence-electron chi connectivity index (χ1n) is 9.53. The summed E-state index contributed by atoms with van der Waals surface area (Å²) in [6, 6.07) is 12.3. The summed E-state index contributed by atoms with van der Waals surface area (Å²) < 4.78 is 10.7. The lowest BCUT2D eigenvalue weighted by atomic mass is 10.2. The molecule has 6 nitrogen and oxygen atoms in total. The number of aryl methyl sites for hydroxylation is 2. The number of aliphatic hydroxyl groups excluding tert-OH is 1. The van der Waals surface area contributed by atoms with Gasteiger partial charge in [-0.25, -0.2) is 0 Å². The molecule has 1 heterocycles. The molecule has 0 spiro atoms. The van der Waals surface area contributed by atoms with Crippen LogP contribution in [0.3, 0.4) is 0 Å². The van der Waals surface area contributed by atoms with Gasteiger partial charge in [0.2, 0.25) is 0 Å². The number of benzene rings is 2. The van der Waals surface area contributed by atoms with E-state index in [1.165, 1.54) is 11.8 Å². The second-order valence-electron chi connectivity index (χ2n) is 6.81. The fourth-order valence-electron chi connectivity index (χ4n) is 2.78. The largest absolute Gasteiger partial charge is 0.489 e. The maximum Gasteiger partial charge on any atom is 0.252 e. The Morgan fingerprint density at radius 3 is 2.74 bits per heavy atom. The number of nitrogens with one attached hydrogen (secondary N) is 1. The third kappa shape index (κ3) is 6.17. The van der Waals surface area contributed by atoms with Gasteiger partial charge in [0.1, 0.15) is 29.2 Å². The van der Waals surface area contributed by atoms with E-state index in [0.717, 1.165) is 21.9 Å². The van der Waals surface area contributed by atoms with E-state index >= 15 is 0 Å². The van der Waals surface area contributed by atoms with E-state index in [9.17, 15) is 9.90 Å². The van der Waals surface area contributed by atoms with Crippen LogP contribution in [0.5, 0.6) is 5.75 Å². The Hall–Kier alpha value is -2.19. The van der Waals surface area contributed by atoms with Crippen LogP contribution >= 0.6 is 35.0 Å². The number of halogens is 2. The maximum atomic E-state index is 12.7. The summed E-state index contributed by atoms with van der Waals surface area (Å²) in [6.45, 7) is 3.75. The van der Waals surface area contributed by atoms with Gasteiger partial charge in [-0.05, 0) is 38.1 Å². The number of thioether (sulfide) groups is 1. The average Bonchev–Trinajstić information content (AvgIpc) is 3.09. The Bertz CT molecular complexity index is 1040. The van der Waals surface area contributed by atoms with Crippen LogP contribution in [0.15, 0.2) is 51.9 Å². The Labute approximate surface area is 194 Å². The van der Waals surface area contributed by atoms with Crippen molar-refractivity contribution in [3.8, 4) is 5.75 Å². The van der Waals surface area contributed by atoms with Gasteiger partial charge in [0.25, 0.3) is 5.91 Å². The number of amides is 1. The highest BCUT2D eigenvalue weighted by Crippen LogP contribution is 2.31. The first-order chi connectivity index (χ1) is 14.9. The molecule has 0 bridgehead atoms. The molecule has 9 heteroatoms. The van der Waals surface area contributed by atoms with E-state index in [4.69, 9.17) is 32.5 Å². The van der Waals surface area contributed by atoms with Crippen LogP contribution in [0.2, 0.25) is 10.0 Å². The minimum Gasteiger partial charge on any atom is -0.489 e. The molecule has 0 aliphatic carbocycles. The molecule has 0 radical (unpaired) electrons. The molecule has 1 aromatic heterocycles. The molecule has 2 aromatic carbocycles. The first kappa shape index (κ1) is 23.5. The molecule has 3 rings (SSSR count). The molecule has 1 unspecified atom stereocenters. The quantitative estimate of drug-likeness (QED) is 0.416. The molecule has 1 amide bonds. The Morgan fingerprint density at radius 1 is 1.23 bits per heavy atom. The summed E-state index contributed by atoms with van der Waals surface area (Å²) in [6.07, 6.45) is -0.916. The minimum absolute atomic E-state index is 0.0277. The summed E-state index contributed by atoms with van der Waals surface area (Å²) in [5.41, 5.74) is 2.40. The minimum atomic E-state index is -0.916. The van der Waals surface area contributed by atoms with E-state index in [-0.39, 0.29) is 24.1 Å². The van der Waals surface area contributed by atoms with Gasteiger partial charge < -0.3 is 19.7 Å². The zero-order valence-corrected chi connectivity index (χ0v) is 19.4. The van der Waals surface area contributed by atoms with Crippen LogP contribution in [0, 0.1) is 13.8 Å². The third-order valence-electron chi connectivity index (χ3n) is 4.53. The topological polar surface area (TPSA) is 84.6 Å². The number of ether oxygens (including phenoxy) is 1. The van der Waals surface area contributed by atoms with Crippen molar-refractivity contribution in [2.24, 2.45) is 0 Å². The number of aromatic nitrogens is 1. The van der Waals surface area contributed by atoms with Crippen LogP contribution in [-0.4, -0.2) is 35.4 Å². The Kier molecular flexibility index (Phi) is 8.26. The molecular weight excluding hydrogens is 459 g/mol. The predicted octanol–water partition coefficient (Wildman–Crippen LogP) is 5.06. The lowest BCUT2D eigenvalue weighted by Gasteiger charge is -2.15. The van der Waals surface area contributed by atoms with Crippen molar-refractivity contribution in [2.75, 3.05) is 13.2 Å². The summed E-state index contributed by atoms with van der Waals surface area (Å²) in [4.78, 5) is 13.5. The van der Waals surface area contributed by atoms with Crippen molar-refractivity contribution in [3.63, 3.8) is 0 Å². The summed E-state index contributed by atoms with van der Waals surface area (Å²) >= 11 is 13.5. The van der Waals surface area contributed by atoms with E-state index in [0.29, 0.717) is 22.1 Å². The van der Waals surface area contributed by atoms with Crippen LogP contribution in [0.1, 0.15) is 27.4 Å². The highest BCUT2D eigenvalue weighted by molar-refractivity contribution is 7.98. The highest BCUT2D eigenvalue weighted by atomic mass is 35.5. The van der Waals surface area contributed by atoms with Gasteiger partial charge in [-0.2, -0.15) is 0 Å². The summed E-state index contributed by atoms with van der Waals surface area (Å²) in [7, 11) is 0. The highest BCUT2D eigenvalue weighted by Gasteiger charge is 2.16. The van der Waals surface area contributed by atoms with Crippen LogP contribution in [-0.2, 0) is 5.75 Å². The van der Waals surface area contributed by atoms with E-state index in [1.54, 1.807) is 30.3 Å². The first-order valence-corrected chi connectivity index (χ1v) is 11.3. The molecule has 2 N–H and O–H groups in total. The lowest BCUT2D eigenvalue weighted by Crippen LogP contribution is -2.35. The van der Waals surface area contributed by atoms with Crippen molar-refractivity contribution in [1.82, 2.24) is 10.5 Å². The van der Waals surface area contributed by atoms with E-state index in [2.05, 4.69) is 10.5 Å². The zero-order valence-electron chi connectivity index (χ0n) is 17.0. The second kappa shape index (κ2) is 10.9. The normalized spacial score (nSPS) is 11.9. The number of carbonyl (C=O) groups excluding carboxylic acids is 1. The van der Waals surface area contributed by atoms with Gasteiger partial charge in [0.05, 0.1) is 16.3 Å². The maximum absolute atomic E-state index is 12.7. The SMILES string of the molecule is Cc1noc(C)c1CSc1ccccc1C(=O)NCC(O)COc1cccc(Cl)c1Cl. The van der Waals surface area contributed by atoms with Crippen LogP contribution in [0.4, 0.5) is 0 Å². The van der Waals surface area contributed by atoms with Gasteiger partial charge in [0, 0.05) is 22.8 Å². The molecule has 0 saturated heterocycles. The standard InChI is InChI=1S/C22H22Cl2N2O4S/c1-13-17(14(2)30-26-13)12-31-20-9-4-3-6-16(20)22(28)25-10-15(27)11-29-19-8-5-7-18(23)21(19)24/h3-9,15,27H,10-12H2,1-2H3,(H,25,28). The van der Waals surface area contributed by atoms with Crippen molar-refractivity contribution >= 4 is 40.9 Å². The fraction of sp³-hybridized carbons (Fsp3) is 0.273. The number of hydrogen-bond donors (Lipinski definition) is 2. The summed E-state index contributed by atoms with van der Waals surface area (Å²) in [5.74, 6) is 1.51. The van der Waals surface area contributed by atoms with Gasteiger partial charge in [-0.3, -0.25) is 4.79 Å². The van der Waals surface area contributed by atoms with Crippen LogP contribution < -0.4 is 10.1 Å². The second-order valence-corrected chi connectivity index (χ2v) is 8.62. The van der Waals surface area contributed by atoms with E-state index in [1.807, 2.05) is 26.0 Å². The van der Waals surface area contributed by atoms with Gasteiger partial charge in [-0.15, -0.1) is 11.8 Å². The molecule has 0 saturated carbocycles. The Morgan fingerprint density at radius 2 is 2.00 bits per heavy atom. The molecule has 3 aromatic rings. The van der Waals surface area contributed by atoms with Crippen molar-refractivity contribution in [1.29, 1.82) is 0 Å². The molecule has 0 aliphatic heterocycles. The number of nitrogens with zero attached hydrogens (tertiary/aromatic N) is 1. The molecule has 31 heavy (non-hydrogen) atoms. The predicted molar refractivity (Wildman–Crippen MR) is 122 cm³/mol. The fourth-order valence-corrected chi connectivity index (χ4v) is 4.33. The van der Waals surface area contributed by atoms with Gasteiger partial charge >= 0.3 is 0 Å². The number of aliphatic hydroxyl groups is 1. The number of carbonyl (C=O) groups is 1. The van der Waals surface area contributed by atoms with Crippen molar-refractivity contribution in [3.05, 3.63) is 75.1 Å². The number of hydrogen-bond acceptors (Lipinski definition) is 6. The molecule has 1 atom stereocenters. The molecular formula is C22H22Cl2N2O4S. The van der Waals surface area contributed by atoms with Gasteiger partial charge in [-0.1, -0.05) is 46.6 Å². The van der Waals surface area contributed by atoms with Crippen molar-refractivity contribution in [2.45, 2.75) is 30.6 Å². The summed E-state index contributed by atoms with van der Waals surface area (Å²) in [5, 5.41) is 17.5.